The molecule has 1 aliphatic heterocycles. The average Bonchev–Trinajstić information content (AvgIpc) is 2.98. The molecule has 0 fully saturated rings. The van der Waals surface area contributed by atoms with E-state index in [1.165, 1.54) is 0 Å². The van der Waals surface area contributed by atoms with E-state index >= 15 is 0 Å². The Kier molecular flexibility index (Phi) is 4.30. The Bertz CT molecular complexity index is 749. The van der Waals surface area contributed by atoms with E-state index in [1.807, 2.05) is 37.3 Å². The second kappa shape index (κ2) is 6.38. The fourth-order valence-electron chi connectivity index (χ4n) is 2.27. The van der Waals surface area contributed by atoms with Crippen LogP contribution in [0.15, 0.2) is 36.4 Å². The molecule has 0 radical (unpaired) electrons. The number of urea groups is 1. The van der Waals surface area contributed by atoms with E-state index in [2.05, 4.69) is 5.32 Å². The number of ether oxygens (including phenoxy) is 2. The van der Waals surface area contributed by atoms with Crippen molar-refractivity contribution in [2.45, 2.75) is 13.5 Å². The van der Waals surface area contributed by atoms with Gasteiger partial charge in [0.1, 0.15) is 0 Å². The predicted molar refractivity (Wildman–Crippen MR) is 89.2 cm³/mol. The molecule has 6 heteroatoms. The van der Waals surface area contributed by atoms with Gasteiger partial charge in [0.2, 0.25) is 6.79 Å². The first-order valence-corrected chi connectivity index (χ1v) is 7.57. The molecule has 0 unspecified atom stereocenters. The lowest BCUT2D eigenvalue weighted by Crippen LogP contribution is -2.30. The van der Waals surface area contributed by atoms with Crippen molar-refractivity contribution in [2.24, 2.45) is 0 Å². The van der Waals surface area contributed by atoms with Gasteiger partial charge in [-0.1, -0.05) is 23.7 Å². The van der Waals surface area contributed by atoms with Crippen molar-refractivity contribution in [2.75, 3.05) is 19.2 Å². The van der Waals surface area contributed by atoms with Gasteiger partial charge in [0.25, 0.3) is 0 Å². The number of aryl methyl sites for hydroxylation is 1. The molecule has 2 aromatic rings. The summed E-state index contributed by atoms with van der Waals surface area (Å²) in [6.45, 7) is 2.62. The molecule has 0 atom stereocenters. The summed E-state index contributed by atoms with van der Waals surface area (Å²) < 4.78 is 10.6. The topological polar surface area (TPSA) is 50.8 Å². The van der Waals surface area contributed by atoms with E-state index in [9.17, 15) is 4.79 Å². The number of fused-ring (bicyclic) bond motifs is 1. The average molecular weight is 333 g/mol. The lowest BCUT2D eigenvalue weighted by Gasteiger charge is -2.18. The molecular formula is C17H17ClN2O3. The predicted octanol–water partition coefficient (Wildman–Crippen LogP) is 4.04. The number of carbonyl (C=O) groups excluding carboxylic acids is 1. The lowest BCUT2D eigenvalue weighted by atomic mass is 10.2. The fourth-order valence-corrected chi connectivity index (χ4v) is 2.46. The summed E-state index contributed by atoms with van der Waals surface area (Å²) in [5.41, 5.74) is 2.61. The molecule has 0 aliphatic carbocycles. The third-order valence-corrected chi connectivity index (χ3v) is 4.03. The van der Waals surface area contributed by atoms with E-state index in [4.69, 9.17) is 21.1 Å². The number of nitrogens with zero attached hydrogens (tertiary/aromatic N) is 1. The highest BCUT2D eigenvalue weighted by Crippen LogP contribution is 2.32. The largest absolute Gasteiger partial charge is 0.454 e. The van der Waals surface area contributed by atoms with Gasteiger partial charge in [0.15, 0.2) is 11.5 Å². The maximum atomic E-state index is 12.3. The number of carbonyl (C=O) groups is 1. The van der Waals surface area contributed by atoms with Crippen LogP contribution in [0.3, 0.4) is 0 Å². The molecule has 2 amide bonds. The number of amides is 2. The van der Waals surface area contributed by atoms with E-state index < -0.39 is 0 Å². The molecule has 120 valence electrons. The summed E-state index contributed by atoms with van der Waals surface area (Å²) in [6, 6.07) is 10.9. The summed E-state index contributed by atoms with van der Waals surface area (Å²) in [5.74, 6) is 1.44. The summed E-state index contributed by atoms with van der Waals surface area (Å²) in [4.78, 5) is 13.9. The van der Waals surface area contributed by atoms with Crippen LogP contribution in [0.5, 0.6) is 11.5 Å². The summed E-state index contributed by atoms with van der Waals surface area (Å²) in [6.07, 6.45) is 0. The van der Waals surface area contributed by atoms with Crippen LogP contribution in [-0.4, -0.2) is 24.8 Å². The van der Waals surface area contributed by atoms with Crippen molar-refractivity contribution >= 4 is 23.3 Å². The number of anilines is 1. The molecule has 0 bridgehead atoms. The Balaban J connectivity index is 1.64. The Morgan fingerprint density at radius 2 is 2.00 bits per heavy atom. The highest BCUT2D eigenvalue weighted by Gasteiger charge is 2.15. The van der Waals surface area contributed by atoms with Crippen LogP contribution in [-0.2, 0) is 6.54 Å². The molecule has 23 heavy (non-hydrogen) atoms. The zero-order valence-corrected chi connectivity index (χ0v) is 13.7. The molecule has 3 rings (SSSR count). The molecule has 0 saturated heterocycles. The Morgan fingerprint density at radius 3 is 2.78 bits per heavy atom. The highest BCUT2D eigenvalue weighted by atomic mass is 35.5. The minimum absolute atomic E-state index is 0.206. The van der Waals surface area contributed by atoms with E-state index in [-0.39, 0.29) is 12.8 Å². The van der Waals surface area contributed by atoms with Crippen molar-refractivity contribution in [3.63, 3.8) is 0 Å². The first kappa shape index (κ1) is 15.5. The van der Waals surface area contributed by atoms with Crippen molar-refractivity contribution in [1.29, 1.82) is 0 Å². The molecule has 0 spiro atoms. The van der Waals surface area contributed by atoms with Gasteiger partial charge in [-0.3, -0.25) is 0 Å². The van der Waals surface area contributed by atoms with Crippen molar-refractivity contribution in [3.8, 4) is 11.5 Å². The van der Waals surface area contributed by atoms with Crippen LogP contribution in [0, 0.1) is 6.92 Å². The smallest absolute Gasteiger partial charge is 0.321 e. The normalized spacial score (nSPS) is 12.1. The highest BCUT2D eigenvalue weighted by molar-refractivity contribution is 6.31. The number of hydrogen-bond acceptors (Lipinski definition) is 3. The molecule has 0 saturated carbocycles. The zero-order valence-electron chi connectivity index (χ0n) is 12.9. The van der Waals surface area contributed by atoms with Crippen molar-refractivity contribution in [3.05, 3.63) is 52.5 Å². The Labute approximate surface area is 139 Å². The second-order valence-electron chi connectivity index (χ2n) is 5.44. The van der Waals surface area contributed by atoms with Crippen LogP contribution in [0.1, 0.15) is 11.1 Å². The van der Waals surface area contributed by atoms with Gasteiger partial charge in [-0.2, -0.15) is 0 Å². The SMILES string of the molecule is Cc1ccc(NC(=O)N(C)Cc2ccc3c(c2)OCO3)cc1Cl. The maximum absolute atomic E-state index is 12.3. The van der Waals surface area contributed by atoms with E-state index in [0.29, 0.717) is 23.0 Å². The van der Waals surface area contributed by atoms with Gasteiger partial charge in [-0.05, 0) is 42.3 Å². The molecule has 1 aliphatic rings. The van der Waals surface area contributed by atoms with Crippen LogP contribution in [0.4, 0.5) is 10.5 Å². The second-order valence-corrected chi connectivity index (χ2v) is 5.84. The van der Waals surface area contributed by atoms with Gasteiger partial charge >= 0.3 is 6.03 Å². The summed E-state index contributed by atoms with van der Waals surface area (Å²) in [7, 11) is 1.73. The third kappa shape index (κ3) is 3.51. The molecule has 1 heterocycles. The first-order valence-electron chi connectivity index (χ1n) is 7.20. The monoisotopic (exact) mass is 332 g/mol. The van der Waals surface area contributed by atoms with Gasteiger partial charge in [-0.25, -0.2) is 4.79 Å². The van der Waals surface area contributed by atoms with Gasteiger partial charge in [0, 0.05) is 24.3 Å². The molecule has 1 N–H and O–H groups in total. The van der Waals surface area contributed by atoms with Crippen LogP contribution in [0.25, 0.3) is 0 Å². The minimum Gasteiger partial charge on any atom is -0.454 e. The number of benzene rings is 2. The molecule has 0 aromatic heterocycles. The fraction of sp³-hybridized carbons (Fsp3) is 0.235. The quantitative estimate of drug-likeness (QED) is 0.922. The van der Waals surface area contributed by atoms with Gasteiger partial charge in [-0.15, -0.1) is 0 Å². The Hall–Kier alpha value is -2.40. The zero-order chi connectivity index (χ0) is 16.4. The van der Waals surface area contributed by atoms with Gasteiger partial charge < -0.3 is 19.7 Å². The number of nitrogens with one attached hydrogen (secondary N) is 1. The number of hydrogen-bond donors (Lipinski definition) is 1. The van der Waals surface area contributed by atoms with Crippen LogP contribution in [0.2, 0.25) is 5.02 Å². The number of halogens is 1. The van der Waals surface area contributed by atoms with E-state index in [0.717, 1.165) is 16.9 Å². The first-order chi connectivity index (χ1) is 11.0. The number of rotatable bonds is 3. The summed E-state index contributed by atoms with van der Waals surface area (Å²) in [5, 5.41) is 3.46. The van der Waals surface area contributed by atoms with Crippen molar-refractivity contribution in [1.82, 2.24) is 4.90 Å². The minimum atomic E-state index is -0.206. The Morgan fingerprint density at radius 1 is 1.22 bits per heavy atom. The molecular weight excluding hydrogens is 316 g/mol. The molecule has 5 nitrogen and oxygen atoms in total. The van der Waals surface area contributed by atoms with Gasteiger partial charge in [0.05, 0.1) is 0 Å². The molecule has 2 aromatic carbocycles. The summed E-state index contributed by atoms with van der Waals surface area (Å²) >= 11 is 6.07. The maximum Gasteiger partial charge on any atom is 0.321 e. The van der Waals surface area contributed by atoms with E-state index in [1.54, 1.807) is 18.0 Å². The van der Waals surface area contributed by atoms with Crippen LogP contribution < -0.4 is 14.8 Å². The van der Waals surface area contributed by atoms with Crippen molar-refractivity contribution < 1.29 is 14.3 Å². The van der Waals surface area contributed by atoms with Crippen LogP contribution >= 0.6 is 11.6 Å². The third-order valence-electron chi connectivity index (χ3n) is 3.63. The standard InChI is InChI=1S/C17H17ClN2O3/c1-11-3-5-13(8-14(11)18)19-17(21)20(2)9-12-4-6-15-16(7-12)23-10-22-15/h3-8H,9-10H2,1-2H3,(H,19,21). The lowest BCUT2D eigenvalue weighted by molar-refractivity contribution is 0.174.